The third-order valence-electron chi connectivity index (χ3n) is 5.21. The Morgan fingerprint density at radius 2 is 1.94 bits per heavy atom. The molecule has 1 N–H and O–H groups in total. The Balaban J connectivity index is 1.99. The molecule has 0 bridgehead atoms. The van der Waals surface area contributed by atoms with Gasteiger partial charge in [0.05, 0.1) is 28.8 Å². The Morgan fingerprint density at radius 3 is 2.55 bits per heavy atom. The van der Waals surface area contributed by atoms with Crippen molar-refractivity contribution < 1.29 is 14.6 Å². The quantitative estimate of drug-likeness (QED) is 0.489. The molecule has 0 amide bonds. The SMILES string of the molecule is COCc1nn2c(ncc3c(=O)n(C(C(=O)O)C(C)C)ccc32)c1-c1ccc(Cl)cc1. The fourth-order valence-electron chi connectivity index (χ4n) is 3.82. The van der Waals surface area contributed by atoms with Gasteiger partial charge in [-0.25, -0.2) is 14.3 Å². The summed E-state index contributed by atoms with van der Waals surface area (Å²) in [5, 5.41) is 15.1. The van der Waals surface area contributed by atoms with Crippen molar-refractivity contribution in [1.82, 2.24) is 19.2 Å². The van der Waals surface area contributed by atoms with Crippen molar-refractivity contribution in [2.24, 2.45) is 5.92 Å². The molecule has 0 radical (unpaired) electrons. The molecule has 0 fully saturated rings. The van der Waals surface area contributed by atoms with Crippen molar-refractivity contribution in [3.05, 3.63) is 63.8 Å². The van der Waals surface area contributed by atoms with Gasteiger partial charge in [-0.15, -0.1) is 0 Å². The summed E-state index contributed by atoms with van der Waals surface area (Å²) in [7, 11) is 1.58. The van der Waals surface area contributed by atoms with E-state index in [0.29, 0.717) is 21.9 Å². The molecule has 4 aromatic rings. The smallest absolute Gasteiger partial charge is 0.327 e. The number of pyridine rings is 1. The number of rotatable bonds is 6. The number of methoxy groups -OCH3 is 1. The van der Waals surface area contributed by atoms with Gasteiger partial charge in [-0.05, 0) is 29.7 Å². The van der Waals surface area contributed by atoms with Crippen LogP contribution in [0.25, 0.3) is 27.7 Å². The standard InChI is InChI=1S/C22H21ClN4O4/c1-12(2)19(22(29)30)26-9-8-17-15(21(26)28)10-24-20-18(13-4-6-14(23)7-5-13)16(11-31-3)25-27(17)20/h4-10,12,19H,11H2,1-3H3,(H,29,30). The van der Waals surface area contributed by atoms with Gasteiger partial charge in [0.1, 0.15) is 6.04 Å². The first-order valence-electron chi connectivity index (χ1n) is 9.72. The summed E-state index contributed by atoms with van der Waals surface area (Å²) < 4.78 is 8.16. The molecule has 0 aliphatic rings. The zero-order valence-electron chi connectivity index (χ0n) is 17.2. The van der Waals surface area contributed by atoms with Crippen LogP contribution in [-0.4, -0.2) is 37.4 Å². The average molecular weight is 441 g/mol. The molecule has 0 saturated carbocycles. The van der Waals surface area contributed by atoms with Crippen LogP contribution in [0.2, 0.25) is 5.02 Å². The minimum Gasteiger partial charge on any atom is -0.480 e. The number of aliphatic carboxylic acids is 1. The molecule has 0 spiro atoms. The van der Waals surface area contributed by atoms with Crippen LogP contribution in [0, 0.1) is 5.92 Å². The van der Waals surface area contributed by atoms with Gasteiger partial charge in [0.25, 0.3) is 5.56 Å². The van der Waals surface area contributed by atoms with Gasteiger partial charge < -0.3 is 14.4 Å². The first-order chi connectivity index (χ1) is 14.8. The number of hydrogen-bond acceptors (Lipinski definition) is 5. The van der Waals surface area contributed by atoms with Gasteiger partial charge in [-0.2, -0.15) is 5.10 Å². The van der Waals surface area contributed by atoms with Crippen LogP contribution in [0.5, 0.6) is 0 Å². The van der Waals surface area contributed by atoms with Crippen LogP contribution < -0.4 is 5.56 Å². The molecule has 3 heterocycles. The zero-order valence-corrected chi connectivity index (χ0v) is 18.0. The van der Waals surface area contributed by atoms with Crippen LogP contribution in [-0.2, 0) is 16.1 Å². The molecular formula is C22H21ClN4O4. The minimum atomic E-state index is -1.06. The maximum atomic E-state index is 13.1. The first kappa shape index (κ1) is 21.0. The number of aromatic nitrogens is 4. The second-order valence-electron chi connectivity index (χ2n) is 7.61. The minimum absolute atomic E-state index is 0.258. The van der Waals surface area contributed by atoms with E-state index in [1.54, 1.807) is 43.7 Å². The van der Waals surface area contributed by atoms with Gasteiger partial charge in [0, 0.05) is 24.5 Å². The number of hydrogen-bond donors (Lipinski definition) is 1. The normalized spacial score (nSPS) is 12.7. The second-order valence-corrected chi connectivity index (χ2v) is 8.05. The second kappa shape index (κ2) is 8.13. The van der Waals surface area contributed by atoms with Crippen molar-refractivity contribution in [3.8, 4) is 11.1 Å². The fourth-order valence-corrected chi connectivity index (χ4v) is 3.95. The molecule has 4 rings (SSSR count). The number of benzene rings is 1. The summed E-state index contributed by atoms with van der Waals surface area (Å²) in [4.78, 5) is 29.4. The lowest BCUT2D eigenvalue weighted by molar-refractivity contribution is -0.142. The Labute approximate surface area is 182 Å². The Bertz CT molecular complexity index is 1340. The van der Waals surface area contributed by atoms with Crippen molar-refractivity contribution in [1.29, 1.82) is 0 Å². The number of ether oxygens (including phenoxy) is 1. The van der Waals surface area contributed by atoms with E-state index in [0.717, 1.165) is 11.1 Å². The summed E-state index contributed by atoms with van der Waals surface area (Å²) in [5.74, 6) is -1.32. The van der Waals surface area contributed by atoms with Crippen molar-refractivity contribution in [2.45, 2.75) is 26.5 Å². The number of carboxylic acids is 1. The first-order valence-corrected chi connectivity index (χ1v) is 10.1. The lowest BCUT2D eigenvalue weighted by Crippen LogP contribution is -2.33. The average Bonchev–Trinajstić information content (AvgIpc) is 3.08. The van der Waals surface area contributed by atoms with Gasteiger partial charge in [-0.3, -0.25) is 4.79 Å². The van der Waals surface area contributed by atoms with Gasteiger partial charge in [-0.1, -0.05) is 37.6 Å². The molecule has 1 unspecified atom stereocenters. The maximum absolute atomic E-state index is 13.1. The summed E-state index contributed by atoms with van der Waals surface area (Å²) >= 11 is 6.03. The summed E-state index contributed by atoms with van der Waals surface area (Å²) in [6, 6.07) is 8.05. The summed E-state index contributed by atoms with van der Waals surface area (Å²) in [6.45, 7) is 3.79. The summed E-state index contributed by atoms with van der Waals surface area (Å²) in [6.07, 6.45) is 2.98. The monoisotopic (exact) mass is 440 g/mol. The van der Waals surface area contributed by atoms with Crippen LogP contribution in [0.1, 0.15) is 25.6 Å². The Kier molecular flexibility index (Phi) is 5.51. The van der Waals surface area contributed by atoms with E-state index >= 15 is 0 Å². The number of carboxylic acid groups (broad SMARTS) is 1. The number of carbonyl (C=O) groups is 1. The van der Waals surface area contributed by atoms with E-state index in [-0.39, 0.29) is 17.9 Å². The highest BCUT2D eigenvalue weighted by atomic mass is 35.5. The predicted octanol–water partition coefficient (Wildman–Crippen LogP) is 3.79. The van der Waals surface area contributed by atoms with Crippen LogP contribution >= 0.6 is 11.6 Å². The van der Waals surface area contributed by atoms with E-state index in [9.17, 15) is 14.7 Å². The van der Waals surface area contributed by atoms with Crippen molar-refractivity contribution in [3.63, 3.8) is 0 Å². The van der Waals surface area contributed by atoms with Crippen molar-refractivity contribution in [2.75, 3.05) is 7.11 Å². The molecule has 0 aliphatic carbocycles. The van der Waals surface area contributed by atoms with Gasteiger partial charge >= 0.3 is 5.97 Å². The molecule has 31 heavy (non-hydrogen) atoms. The molecule has 8 nitrogen and oxygen atoms in total. The number of halogens is 1. The third kappa shape index (κ3) is 3.58. The predicted molar refractivity (Wildman–Crippen MR) is 117 cm³/mol. The molecule has 1 atom stereocenters. The molecule has 0 saturated heterocycles. The van der Waals surface area contributed by atoms with E-state index in [1.165, 1.54) is 17.0 Å². The maximum Gasteiger partial charge on any atom is 0.327 e. The third-order valence-corrected chi connectivity index (χ3v) is 5.46. The topological polar surface area (TPSA) is 98.7 Å². The van der Waals surface area contributed by atoms with Gasteiger partial charge in [0.2, 0.25) is 0 Å². The number of fused-ring (bicyclic) bond motifs is 3. The van der Waals surface area contributed by atoms with Crippen LogP contribution in [0.4, 0.5) is 0 Å². The molecule has 1 aromatic carbocycles. The van der Waals surface area contributed by atoms with E-state index in [1.807, 2.05) is 12.1 Å². The molecule has 0 aliphatic heterocycles. The van der Waals surface area contributed by atoms with Crippen molar-refractivity contribution >= 4 is 34.1 Å². The number of nitrogens with zero attached hydrogens (tertiary/aromatic N) is 4. The highest BCUT2D eigenvalue weighted by Crippen LogP contribution is 2.30. The molecule has 3 aromatic heterocycles. The zero-order chi connectivity index (χ0) is 22.3. The molecule has 160 valence electrons. The molecular weight excluding hydrogens is 420 g/mol. The highest BCUT2D eigenvalue weighted by molar-refractivity contribution is 6.30. The molecule has 9 heteroatoms. The largest absolute Gasteiger partial charge is 0.480 e. The van der Waals surface area contributed by atoms with Crippen LogP contribution in [0.15, 0.2) is 47.5 Å². The van der Waals surface area contributed by atoms with E-state index in [4.69, 9.17) is 16.3 Å². The lowest BCUT2D eigenvalue weighted by atomic mass is 10.0. The van der Waals surface area contributed by atoms with E-state index < -0.39 is 17.6 Å². The van der Waals surface area contributed by atoms with E-state index in [2.05, 4.69) is 10.1 Å². The Hall–Kier alpha value is -3.23. The lowest BCUT2D eigenvalue weighted by Gasteiger charge is -2.19. The van der Waals surface area contributed by atoms with Gasteiger partial charge in [0.15, 0.2) is 5.65 Å². The summed E-state index contributed by atoms with van der Waals surface area (Å²) in [5.41, 5.74) is 3.01. The fraction of sp³-hybridized carbons (Fsp3) is 0.273. The van der Waals surface area contributed by atoms with Crippen LogP contribution in [0.3, 0.4) is 0 Å². The highest BCUT2D eigenvalue weighted by Gasteiger charge is 2.26. The Morgan fingerprint density at radius 1 is 1.23 bits per heavy atom.